The lowest BCUT2D eigenvalue weighted by molar-refractivity contribution is 0.511. The first-order chi connectivity index (χ1) is 7.35. The minimum Gasteiger partial charge on any atom is -0.302 e. The van der Waals surface area contributed by atoms with Gasteiger partial charge in [-0.1, -0.05) is 52.4 Å². The molecule has 1 atom stereocenters. The lowest BCUT2D eigenvalue weighted by Gasteiger charge is -2.10. The highest BCUT2D eigenvalue weighted by atomic mass is 14.9. The Morgan fingerprint density at radius 1 is 1.00 bits per heavy atom. The van der Waals surface area contributed by atoms with Crippen molar-refractivity contribution in [2.75, 3.05) is 6.54 Å². The summed E-state index contributed by atoms with van der Waals surface area (Å²) in [7, 11) is 0. The lowest BCUT2D eigenvalue weighted by Crippen LogP contribution is -2.28. The van der Waals surface area contributed by atoms with Crippen LogP contribution in [0.2, 0.25) is 0 Å². The topological polar surface area (TPSA) is 35.8 Å². The average molecular weight is 210 g/mol. The van der Waals surface area contributed by atoms with Gasteiger partial charge in [0.15, 0.2) is 0 Å². The van der Waals surface area contributed by atoms with Gasteiger partial charge in [-0.3, -0.25) is 0 Å². The normalized spacial score (nSPS) is 12.3. The molecule has 0 spiro atoms. The van der Waals surface area contributed by atoms with Gasteiger partial charge in [-0.15, -0.1) is 0 Å². The van der Waals surface area contributed by atoms with Crippen LogP contribution in [0.1, 0.15) is 65.2 Å². The molecule has 88 valence electrons. The Kier molecular flexibility index (Phi) is 11.1. The van der Waals surface area contributed by atoms with E-state index in [0.29, 0.717) is 0 Å². The zero-order valence-corrected chi connectivity index (χ0v) is 10.4. The molecule has 0 rings (SSSR count). The number of hydrogen-bond acceptors (Lipinski definition) is 2. The first-order valence-electron chi connectivity index (χ1n) is 6.48. The van der Waals surface area contributed by atoms with E-state index in [2.05, 4.69) is 25.2 Å². The highest BCUT2D eigenvalue weighted by Gasteiger charge is 2.04. The maximum atomic E-state index is 8.92. The Morgan fingerprint density at radius 3 is 2.27 bits per heavy atom. The summed E-state index contributed by atoms with van der Waals surface area (Å²) in [5, 5.41) is 12.2. The third-order valence-corrected chi connectivity index (χ3v) is 2.67. The van der Waals surface area contributed by atoms with Gasteiger partial charge < -0.3 is 5.32 Å². The molecule has 0 amide bonds. The zero-order chi connectivity index (χ0) is 11.4. The van der Waals surface area contributed by atoms with Crippen molar-refractivity contribution in [3.05, 3.63) is 0 Å². The van der Waals surface area contributed by atoms with Crippen LogP contribution in [0.15, 0.2) is 0 Å². The number of nitrogens with zero attached hydrogens (tertiary/aromatic N) is 1. The van der Waals surface area contributed by atoms with Gasteiger partial charge in [-0.25, -0.2) is 0 Å². The summed E-state index contributed by atoms with van der Waals surface area (Å²) in [6.45, 7) is 5.42. The first-order valence-corrected chi connectivity index (χ1v) is 6.48. The second kappa shape index (κ2) is 11.5. The van der Waals surface area contributed by atoms with E-state index in [1.54, 1.807) is 0 Å². The standard InChI is InChI=1S/C13H26N2/c1-3-5-7-9-11-15-13(12-14)10-8-6-4-2/h13,15H,3-11H2,1-2H3. The fraction of sp³-hybridized carbons (Fsp3) is 0.923. The Hall–Kier alpha value is -0.550. The number of nitrogens with one attached hydrogen (secondary N) is 1. The molecule has 0 aromatic carbocycles. The smallest absolute Gasteiger partial charge is 0.0952 e. The van der Waals surface area contributed by atoms with E-state index in [1.165, 1.54) is 44.9 Å². The Morgan fingerprint density at radius 2 is 1.67 bits per heavy atom. The first kappa shape index (κ1) is 14.5. The summed E-state index contributed by atoms with van der Waals surface area (Å²) in [4.78, 5) is 0. The van der Waals surface area contributed by atoms with Gasteiger partial charge in [0.2, 0.25) is 0 Å². The molecule has 0 fully saturated rings. The van der Waals surface area contributed by atoms with E-state index in [1.807, 2.05) is 0 Å². The van der Waals surface area contributed by atoms with E-state index < -0.39 is 0 Å². The molecule has 0 aliphatic heterocycles. The molecule has 2 nitrogen and oxygen atoms in total. The summed E-state index contributed by atoms with van der Waals surface area (Å²) >= 11 is 0. The third-order valence-electron chi connectivity index (χ3n) is 2.67. The van der Waals surface area contributed by atoms with Crippen LogP contribution in [0, 0.1) is 11.3 Å². The van der Waals surface area contributed by atoms with E-state index in [9.17, 15) is 0 Å². The van der Waals surface area contributed by atoms with Crippen LogP contribution in [-0.4, -0.2) is 12.6 Å². The predicted octanol–water partition coefficient (Wildman–Crippen LogP) is 3.63. The molecular weight excluding hydrogens is 184 g/mol. The number of unbranched alkanes of at least 4 members (excludes halogenated alkanes) is 5. The second-order valence-corrected chi connectivity index (χ2v) is 4.19. The van der Waals surface area contributed by atoms with Crippen LogP contribution in [0.25, 0.3) is 0 Å². The molecule has 0 aliphatic carbocycles. The van der Waals surface area contributed by atoms with Crippen molar-refractivity contribution in [3.8, 4) is 6.07 Å². The van der Waals surface area contributed by atoms with Gasteiger partial charge in [0.05, 0.1) is 12.1 Å². The number of rotatable bonds is 10. The maximum Gasteiger partial charge on any atom is 0.0952 e. The summed E-state index contributed by atoms with van der Waals surface area (Å²) in [5.74, 6) is 0. The molecule has 1 N–H and O–H groups in total. The van der Waals surface area contributed by atoms with Crippen LogP contribution in [0.4, 0.5) is 0 Å². The predicted molar refractivity (Wildman–Crippen MR) is 65.7 cm³/mol. The second-order valence-electron chi connectivity index (χ2n) is 4.19. The minimum atomic E-state index is 0.0816. The molecule has 15 heavy (non-hydrogen) atoms. The van der Waals surface area contributed by atoms with E-state index in [-0.39, 0.29) is 6.04 Å². The van der Waals surface area contributed by atoms with Crippen LogP contribution < -0.4 is 5.32 Å². The monoisotopic (exact) mass is 210 g/mol. The van der Waals surface area contributed by atoms with Gasteiger partial charge >= 0.3 is 0 Å². The zero-order valence-electron chi connectivity index (χ0n) is 10.4. The average Bonchev–Trinajstić information content (AvgIpc) is 2.26. The molecule has 0 saturated heterocycles. The fourth-order valence-corrected chi connectivity index (χ4v) is 1.64. The molecule has 0 aromatic rings. The molecule has 0 saturated carbocycles. The number of nitriles is 1. The fourth-order valence-electron chi connectivity index (χ4n) is 1.64. The van der Waals surface area contributed by atoms with Gasteiger partial charge in [-0.2, -0.15) is 5.26 Å². The van der Waals surface area contributed by atoms with Crippen molar-refractivity contribution in [2.24, 2.45) is 0 Å². The molecule has 1 unspecified atom stereocenters. The van der Waals surface area contributed by atoms with Crippen molar-refractivity contribution in [2.45, 2.75) is 71.3 Å². The van der Waals surface area contributed by atoms with E-state index in [4.69, 9.17) is 5.26 Å². The van der Waals surface area contributed by atoms with Gasteiger partial charge in [-0.05, 0) is 19.4 Å². The van der Waals surface area contributed by atoms with Gasteiger partial charge in [0, 0.05) is 0 Å². The molecule has 0 bridgehead atoms. The summed E-state index contributed by atoms with van der Waals surface area (Å²) in [6.07, 6.45) is 9.75. The highest BCUT2D eigenvalue weighted by Crippen LogP contribution is 2.03. The number of hydrogen-bond donors (Lipinski definition) is 1. The molecule has 2 heteroatoms. The minimum absolute atomic E-state index is 0.0816. The van der Waals surface area contributed by atoms with Crippen LogP contribution >= 0.6 is 0 Å². The molecule has 0 aliphatic rings. The Balaban J connectivity index is 3.33. The summed E-state index contributed by atoms with van der Waals surface area (Å²) in [5.41, 5.74) is 0. The van der Waals surface area contributed by atoms with Crippen LogP contribution in [0.3, 0.4) is 0 Å². The Labute approximate surface area is 95.1 Å². The maximum absolute atomic E-state index is 8.92. The largest absolute Gasteiger partial charge is 0.302 e. The highest BCUT2D eigenvalue weighted by molar-refractivity contribution is 4.89. The molecular formula is C13H26N2. The van der Waals surface area contributed by atoms with Gasteiger partial charge in [0.1, 0.15) is 0 Å². The van der Waals surface area contributed by atoms with Crippen molar-refractivity contribution in [1.82, 2.24) is 5.32 Å². The van der Waals surface area contributed by atoms with E-state index >= 15 is 0 Å². The Bertz CT molecular complexity index is 160. The third kappa shape index (κ3) is 9.75. The SMILES string of the molecule is CCCCCCNC(C#N)CCCCC. The molecule has 0 radical (unpaired) electrons. The summed E-state index contributed by atoms with van der Waals surface area (Å²) in [6, 6.07) is 2.42. The quantitative estimate of drug-likeness (QED) is 0.559. The van der Waals surface area contributed by atoms with Crippen LogP contribution in [0.5, 0.6) is 0 Å². The van der Waals surface area contributed by atoms with Crippen LogP contribution in [-0.2, 0) is 0 Å². The van der Waals surface area contributed by atoms with Gasteiger partial charge in [0.25, 0.3) is 0 Å². The van der Waals surface area contributed by atoms with Crippen molar-refractivity contribution in [3.63, 3.8) is 0 Å². The van der Waals surface area contributed by atoms with Crippen molar-refractivity contribution in [1.29, 1.82) is 5.26 Å². The summed E-state index contributed by atoms with van der Waals surface area (Å²) < 4.78 is 0. The van der Waals surface area contributed by atoms with Crippen molar-refractivity contribution < 1.29 is 0 Å². The lowest BCUT2D eigenvalue weighted by atomic mass is 10.1. The van der Waals surface area contributed by atoms with Crippen molar-refractivity contribution >= 4 is 0 Å². The molecule has 0 heterocycles. The molecule has 0 aromatic heterocycles. The van der Waals surface area contributed by atoms with E-state index in [0.717, 1.165) is 13.0 Å².